The van der Waals surface area contributed by atoms with Gasteiger partial charge in [0.1, 0.15) is 0 Å². The van der Waals surface area contributed by atoms with Crippen LogP contribution in [0.3, 0.4) is 0 Å². The first-order valence-corrected chi connectivity index (χ1v) is 5.27. The third kappa shape index (κ3) is 3.20. The van der Waals surface area contributed by atoms with Crippen molar-refractivity contribution in [1.82, 2.24) is 10.2 Å². The molecule has 1 aliphatic heterocycles. The minimum atomic E-state index is -4.62. The molecule has 1 fully saturated rings. The summed E-state index contributed by atoms with van der Waals surface area (Å²) < 4.78 is 36.9. The average molecular weight is 263 g/mol. The first kappa shape index (κ1) is 14.4. The fraction of sp³-hybridized carbons (Fsp3) is 0.700. The number of alkyl halides is 3. The summed E-state index contributed by atoms with van der Waals surface area (Å²) in [4.78, 5) is 23.6. The van der Waals surface area contributed by atoms with Crippen molar-refractivity contribution in [3.05, 3.63) is 0 Å². The maximum absolute atomic E-state index is 12.3. The van der Waals surface area contributed by atoms with Crippen LogP contribution in [-0.4, -0.2) is 42.5 Å². The van der Waals surface area contributed by atoms with Gasteiger partial charge in [-0.3, -0.25) is 14.5 Å². The monoisotopic (exact) mass is 263 g/mol. The van der Waals surface area contributed by atoms with E-state index in [2.05, 4.69) is 5.32 Å². The molecule has 2 atom stereocenters. The van der Waals surface area contributed by atoms with Gasteiger partial charge in [-0.1, -0.05) is 0 Å². The van der Waals surface area contributed by atoms with E-state index in [-0.39, 0.29) is 18.7 Å². The summed E-state index contributed by atoms with van der Waals surface area (Å²) in [5.74, 6) is -3.08. The molecule has 0 aromatic rings. The summed E-state index contributed by atoms with van der Waals surface area (Å²) in [6, 6.07) is 0.295. The van der Waals surface area contributed by atoms with Gasteiger partial charge >= 0.3 is 6.18 Å². The number of imide groups is 1. The fourth-order valence-electron chi connectivity index (χ4n) is 1.60. The van der Waals surface area contributed by atoms with Gasteiger partial charge in [0, 0.05) is 20.0 Å². The van der Waals surface area contributed by atoms with Gasteiger partial charge in [0.25, 0.3) is 0 Å². The van der Waals surface area contributed by atoms with Gasteiger partial charge in [-0.15, -0.1) is 0 Å². The molecule has 1 saturated heterocycles. The van der Waals surface area contributed by atoms with Crippen LogP contribution in [0.2, 0.25) is 0 Å². The lowest BCUT2D eigenvalue weighted by molar-refractivity contribution is -0.160. The molecule has 0 aromatic carbocycles. The van der Waals surface area contributed by atoms with Crippen LogP contribution in [0.1, 0.15) is 12.8 Å². The number of carbonyl (C=O) groups is 2. The Morgan fingerprint density at radius 3 is 2.67 bits per heavy atom. The number of nitrogens with one attached hydrogen (secondary N) is 1. The van der Waals surface area contributed by atoms with E-state index in [4.69, 9.17) is 5.26 Å². The van der Waals surface area contributed by atoms with Crippen molar-refractivity contribution in [3.8, 4) is 6.07 Å². The number of hydrogen-bond donors (Lipinski definition) is 1. The Morgan fingerprint density at radius 1 is 1.56 bits per heavy atom. The van der Waals surface area contributed by atoms with Crippen LogP contribution in [0.25, 0.3) is 0 Å². The van der Waals surface area contributed by atoms with Gasteiger partial charge in [0.05, 0.1) is 12.1 Å². The quantitative estimate of drug-likeness (QED) is 0.749. The number of halogens is 3. The van der Waals surface area contributed by atoms with E-state index >= 15 is 0 Å². The third-order valence-corrected chi connectivity index (χ3v) is 2.77. The van der Waals surface area contributed by atoms with Crippen LogP contribution in [-0.2, 0) is 9.59 Å². The van der Waals surface area contributed by atoms with Crippen LogP contribution in [0.15, 0.2) is 0 Å². The van der Waals surface area contributed by atoms with Crippen LogP contribution in [0, 0.1) is 17.2 Å². The van der Waals surface area contributed by atoms with Crippen LogP contribution in [0.4, 0.5) is 13.2 Å². The van der Waals surface area contributed by atoms with E-state index < -0.39 is 30.6 Å². The first-order valence-electron chi connectivity index (χ1n) is 5.27. The van der Waals surface area contributed by atoms with Gasteiger partial charge in [-0.05, 0) is 6.42 Å². The number of rotatable bonds is 3. The van der Waals surface area contributed by atoms with E-state index in [1.807, 2.05) is 0 Å². The highest BCUT2D eigenvalue weighted by atomic mass is 19.4. The standard InChI is InChI=1S/C10H12F3N3O2/c1-16-8(17)3-2-7(9(16)18)15-5-6(4-14)10(11,12)13/h6-7,15H,2-3,5H2,1H3. The smallest absolute Gasteiger partial charge is 0.304 e. The Morgan fingerprint density at radius 2 is 2.17 bits per heavy atom. The van der Waals surface area contributed by atoms with Crippen molar-refractivity contribution >= 4 is 11.8 Å². The molecular formula is C10H12F3N3O2. The summed E-state index contributed by atoms with van der Waals surface area (Å²) >= 11 is 0. The highest BCUT2D eigenvalue weighted by molar-refractivity contribution is 6.00. The summed E-state index contributed by atoms with van der Waals surface area (Å²) in [5, 5.41) is 10.8. The van der Waals surface area contributed by atoms with Crippen molar-refractivity contribution in [1.29, 1.82) is 5.26 Å². The van der Waals surface area contributed by atoms with Crippen LogP contribution < -0.4 is 5.32 Å². The molecule has 2 amide bonds. The summed E-state index contributed by atoms with van der Waals surface area (Å²) in [7, 11) is 1.28. The lowest BCUT2D eigenvalue weighted by atomic mass is 10.0. The number of nitrogens with zero attached hydrogens (tertiary/aromatic N) is 2. The summed E-state index contributed by atoms with van der Waals surface area (Å²) in [6.07, 6.45) is -4.37. The Bertz CT molecular complexity index is 389. The molecule has 0 aliphatic carbocycles. The molecule has 0 aromatic heterocycles. The van der Waals surface area contributed by atoms with Gasteiger partial charge < -0.3 is 5.32 Å². The highest BCUT2D eigenvalue weighted by Crippen LogP contribution is 2.25. The Balaban J connectivity index is 2.57. The van der Waals surface area contributed by atoms with Gasteiger partial charge in [0.15, 0.2) is 5.92 Å². The molecular weight excluding hydrogens is 251 g/mol. The Kier molecular flexibility index (Phi) is 4.29. The number of likely N-dealkylation sites (tertiary alicyclic amines) is 1. The number of nitriles is 1. The van der Waals surface area contributed by atoms with Gasteiger partial charge in [-0.25, -0.2) is 0 Å². The molecule has 1 aliphatic rings. The normalized spacial score (nSPS) is 22.8. The molecule has 0 bridgehead atoms. The van der Waals surface area contributed by atoms with E-state index in [1.54, 1.807) is 0 Å². The molecule has 1 rings (SSSR count). The zero-order valence-corrected chi connectivity index (χ0v) is 9.62. The van der Waals surface area contributed by atoms with E-state index in [9.17, 15) is 22.8 Å². The molecule has 2 unspecified atom stereocenters. The molecule has 100 valence electrons. The molecule has 0 spiro atoms. The molecule has 0 radical (unpaired) electrons. The van der Waals surface area contributed by atoms with Crippen LogP contribution >= 0.6 is 0 Å². The van der Waals surface area contributed by atoms with Crippen molar-refractivity contribution in [3.63, 3.8) is 0 Å². The van der Waals surface area contributed by atoms with Crippen molar-refractivity contribution in [2.75, 3.05) is 13.6 Å². The zero-order valence-electron chi connectivity index (χ0n) is 9.62. The van der Waals surface area contributed by atoms with Crippen LogP contribution in [0.5, 0.6) is 0 Å². The minimum absolute atomic E-state index is 0.100. The number of likely N-dealkylation sites (N-methyl/N-ethyl adjacent to an activating group) is 1. The van der Waals surface area contributed by atoms with Crippen molar-refractivity contribution in [2.24, 2.45) is 5.92 Å². The lowest BCUT2D eigenvalue weighted by Crippen LogP contribution is -2.52. The topological polar surface area (TPSA) is 73.2 Å². The second-order valence-electron chi connectivity index (χ2n) is 4.01. The van der Waals surface area contributed by atoms with E-state index in [0.717, 1.165) is 11.0 Å². The number of hydrogen-bond acceptors (Lipinski definition) is 4. The highest BCUT2D eigenvalue weighted by Gasteiger charge is 2.41. The predicted molar refractivity (Wildman–Crippen MR) is 54.0 cm³/mol. The first-order chi connectivity index (χ1) is 8.27. The van der Waals surface area contributed by atoms with E-state index in [1.165, 1.54) is 7.05 Å². The van der Waals surface area contributed by atoms with Crippen molar-refractivity contribution < 1.29 is 22.8 Å². The van der Waals surface area contributed by atoms with Crippen molar-refractivity contribution in [2.45, 2.75) is 25.1 Å². The fourth-order valence-corrected chi connectivity index (χ4v) is 1.60. The maximum atomic E-state index is 12.3. The lowest BCUT2D eigenvalue weighted by Gasteiger charge is -2.29. The number of piperidine rings is 1. The Labute approximate surface area is 102 Å². The zero-order chi connectivity index (χ0) is 13.9. The largest absolute Gasteiger partial charge is 0.405 e. The maximum Gasteiger partial charge on any atom is 0.405 e. The molecule has 18 heavy (non-hydrogen) atoms. The molecule has 0 saturated carbocycles. The van der Waals surface area contributed by atoms with Gasteiger partial charge in [0.2, 0.25) is 11.8 Å². The second kappa shape index (κ2) is 5.35. The SMILES string of the molecule is CN1C(=O)CCC(NCC(C#N)C(F)(F)F)C1=O. The molecule has 1 heterocycles. The molecule has 1 N–H and O–H groups in total. The summed E-state index contributed by atoms with van der Waals surface area (Å²) in [6.45, 7) is -0.654. The van der Waals surface area contributed by atoms with E-state index in [0.29, 0.717) is 0 Å². The third-order valence-electron chi connectivity index (χ3n) is 2.77. The second-order valence-corrected chi connectivity index (χ2v) is 4.01. The molecule has 8 heteroatoms. The Hall–Kier alpha value is -1.62. The molecule has 5 nitrogen and oxygen atoms in total. The number of amides is 2. The summed E-state index contributed by atoms with van der Waals surface area (Å²) in [5.41, 5.74) is 0. The van der Waals surface area contributed by atoms with Gasteiger partial charge in [-0.2, -0.15) is 18.4 Å². The minimum Gasteiger partial charge on any atom is -0.304 e. The predicted octanol–water partition coefficient (Wildman–Crippen LogP) is 0.425. The number of carbonyl (C=O) groups excluding carboxylic acids is 2. The average Bonchev–Trinajstić information content (AvgIpc) is 2.28.